The molecule has 1 aliphatic heterocycles. The van der Waals surface area contributed by atoms with E-state index in [9.17, 15) is 0 Å². The molecule has 1 aromatic carbocycles. The molecule has 0 radical (unpaired) electrons. The van der Waals surface area contributed by atoms with Gasteiger partial charge in [0, 0.05) is 6.42 Å². The Morgan fingerprint density at radius 3 is 2.35 bits per heavy atom. The Bertz CT molecular complexity index is 315. The number of aryl methyl sites for hydroxylation is 1. The maximum Gasteiger partial charge on any atom is 0.127 e. The molecule has 1 aliphatic rings. The van der Waals surface area contributed by atoms with Gasteiger partial charge >= 0.3 is 0 Å². The summed E-state index contributed by atoms with van der Waals surface area (Å²) in [4.78, 5) is 3.51. The van der Waals surface area contributed by atoms with E-state index in [0.717, 1.165) is 6.04 Å². The number of piperazine rings is 1. The first kappa shape index (κ1) is 12.6. The summed E-state index contributed by atoms with van der Waals surface area (Å²) < 4.78 is 0. The van der Waals surface area contributed by atoms with Crippen LogP contribution in [0.1, 0.15) is 18.9 Å². The van der Waals surface area contributed by atoms with Crippen LogP contribution in [0, 0.1) is 0 Å². The lowest BCUT2D eigenvalue weighted by molar-refractivity contribution is -1.02. The molecule has 0 amide bonds. The maximum absolute atomic E-state index is 2.42. The number of hydrogen-bond donors (Lipinski definition) is 2. The summed E-state index contributed by atoms with van der Waals surface area (Å²) in [5.74, 6) is 0. The monoisotopic (exact) mass is 234 g/mol. The van der Waals surface area contributed by atoms with Crippen molar-refractivity contribution in [2.75, 3.05) is 33.2 Å². The fourth-order valence-corrected chi connectivity index (χ4v) is 2.72. The highest BCUT2D eigenvalue weighted by atomic mass is 15.3. The second-order valence-corrected chi connectivity index (χ2v) is 5.54. The predicted octanol–water partition coefficient (Wildman–Crippen LogP) is -0.579. The van der Waals surface area contributed by atoms with Crippen LogP contribution in [0.2, 0.25) is 0 Å². The summed E-state index contributed by atoms with van der Waals surface area (Å²) in [6.07, 6.45) is 2.55. The van der Waals surface area contributed by atoms with Gasteiger partial charge in [-0.25, -0.2) is 0 Å². The molecule has 1 heterocycles. The summed E-state index contributed by atoms with van der Waals surface area (Å²) in [5.41, 5.74) is 1.48. The Hall–Kier alpha value is -0.860. The predicted molar refractivity (Wildman–Crippen MR) is 71.5 cm³/mol. The molecule has 1 fully saturated rings. The molecule has 0 unspecified atom stereocenters. The second kappa shape index (κ2) is 6.18. The molecule has 0 aliphatic carbocycles. The van der Waals surface area contributed by atoms with Crippen LogP contribution >= 0.6 is 0 Å². The van der Waals surface area contributed by atoms with Crippen molar-refractivity contribution in [3.63, 3.8) is 0 Å². The van der Waals surface area contributed by atoms with Crippen LogP contribution in [0.5, 0.6) is 0 Å². The minimum absolute atomic E-state index is 0.809. The maximum atomic E-state index is 2.42. The van der Waals surface area contributed by atoms with Crippen molar-refractivity contribution < 1.29 is 9.80 Å². The Morgan fingerprint density at radius 1 is 1.06 bits per heavy atom. The Kier molecular flexibility index (Phi) is 4.57. The lowest BCUT2D eigenvalue weighted by Crippen LogP contribution is -3.28. The highest BCUT2D eigenvalue weighted by Crippen LogP contribution is 2.03. The molecule has 17 heavy (non-hydrogen) atoms. The van der Waals surface area contributed by atoms with E-state index in [1.165, 1.54) is 44.6 Å². The molecule has 1 atom stereocenters. The molecular formula is C15H26N2+2. The lowest BCUT2D eigenvalue weighted by Gasteiger charge is -2.31. The van der Waals surface area contributed by atoms with Gasteiger partial charge in [0.05, 0.1) is 13.1 Å². The molecular weight excluding hydrogens is 208 g/mol. The normalized spacial score (nSPS) is 26.7. The van der Waals surface area contributed by atoms with E-state index in [-0.39, 0.29) is 0 Å². The van der Waals surface area contributed by atoms with E-state index in [2.05, 4.69) is 44.3 Å². The average molecular weight is 234 g/mol. The molecule has 2 N–H and O–H groups in total. The van der Waals surface area contributed by atoms with Gasteiger partial charge in [-0.1, -0.05) is 30.3 Å². The van der Waals surface area contributed by atoms with Crippen LogP contribution < -0.4 is 9.80 Å². The minimum Gasteiger partial charge on any atom is -0.328 e. The number of likely N-dealkylation sites (N-methyl/N-ethyl adjacent to an activating group) is 1. The van der Waals surface area contributed by atoms with Gasteiger partial charge in [-0.2, -0.15) is 0 Å². The summed E-state index contributed by atoms with van der Waals surface area (Å²) in [6.45, 7) is 7.79. The summed E-state index contributed by atoms with van der Waals surface area (Å²) in [5, 5.41) is 0. The number of quaternary nitrogens is 2. The first-order valence-corrected chi connectivity index (χ1v) is 6.95. The second-order valence-electron chi connectivity index (χ2n) is 5.54. The number of rotatable bonds is 4. The van der Waals surface area contributed by atoms with E-state index in [4.69, 9.17) is 0 Å². The Balaban J connectivity index is 1.75. The molecule has 2 heteroatoms. The Morgan fingerprint density at radius 2 is 1.71 bits per heavy atom. The standard InChI is InChI=1S/C15H24N2/c1-14(17-12-10-16(2)11-13-17)8-9-15-6-4-3-5-7-15/h3-7,14H,8-13H2,1-2H3/p+2/t14-/m1/s1. The molecule has 0 saturated carbocycles. The Labute approximate surface area is 105 Å². The average Bonchev–Trinajstić information content (AvgIpc) is 2.38. The van der Waals surface area contributed by atoms with Gasteiger partial charge in [0.1, 0.15) is 26.2 Å². The van der Waals surface area contributed by atoms with Crippen LogP contribution in [0.15, 0.2) is 30.3 Å². The third kappa shape index (κ3) is 3.83. The van der Waals surface area contributed by atoms with Gasteiger partial charge in [-0.15, -0.1) is 0 Å². The van der Waals surface area contributed by atoms with Crippen LogP contribution in [-0.4, -0.2) is 39.3 Å². The van der Waals surface area contributed by atoms with E-state index in [0.29, 0.717) is 0 Å². The highest BCUT2D eigenvalue weighted by molar-refractivity contribution is 5.14. The molecule has 1 saturated heterocycles. The van der Waals surface area contributed by atoms with Crippen molar-refractivity contribution in [3.8, 4) is 0 Å². The topological polar surface area (TPSA) is 8.88 Å². The van der Waals surface area contributed by atoms with E-state index in [1.54, 1.807) is 4.90 Å². The van der Waals surface area contributed by atoms with Crippen molar-refractivity contribution in [3.05, 3.63) is 35.9 Å². The minimum atomic E-state index is 0.809. The highest BCUT2D eigenvalue weighted by Gasteiger charge is 2.24. The van der Waals surface area contributed by atoms with Gasteiger partial charge in [0.2, 0.25) is 0 Å². The molecule has 2 rings (SSSR count). The van der Waals surface area contributed by atoms with E-state index < -0.39 is 0 Å². The SMILES string of the molecule is C[C@H](CCc1ccccc1)[NH+]1CC[NH+](C)CC1. The summed E-state index contributed by atoms with van der Waals surface area (Å²) in [6, 6.07) is 11.7. The third-order valence-corrected chi connectivity index (χ3v) is 4.15. The van der Waals surface area contributed by atoms with Crippen molar-refractivity contribution in [2.24, 2.45) is 0 Å². The van der Waals surface area contributed by atoms with Crippen molar-refractivity contribution in [2.45, 2.75) is 25.8 Å². The zero-order chi connectivity index (χ0) is 12.1. The zero-order valence-electron chi connectivity index (χ0n) is 11.2. The summed E-state index contributed by atoms with van der Waals surface area (Å²) >= 11 is 0. The molecule has 0 spiro atoms. The van der Waals surface area contributed by atoms with E-state index in [1.807, 2.05) is 4.90 Å². The lowest BCUT2D eigenvalue weighted by atomic mass is 10.0. The van der Waals surface area contributed by atoms with Gasteiger partial charge in [0.15, 0.2) is 0 Å². The van der Waals surface area contributed by atoms with Crippen LogP contribution in [-0.2, 0) is 6.42 Å². The van der Waals surface area contributed by atoms with Crippen molar-refractivity contribution in [1.82, 2.24) is 0 Å². The molecule has 1 aromatic rings. The zero-order valence-corrected chi connectivity index (χ0v) is 11.2. The fourth-order valence-electron chi connectivity index (χ4n) is 2.72. The van der Waals surface area contributed by atoms with Crippen LogP contribution in [0.4, 0.5) is 0 Å². The molecule has 0 aromatic heterocycles. The van der Waals surface area contributed by atoms with Gasteiger partial charge in [0.25, 0.3) is 0 Å². The molecule has 94 valence electrons. The van der Waals surface area contributed by atoms with Gasteiger partial charge < -0.3 is 9.80 Å². The first-order chi connectivity index (χ1) is 8.25. The van der Waals surface area contributed by atoms with Gasteiger partial charge in [-0.3, -0.25) is 0 Å². The molecule has 0 bridgehead atoms. The smallest absolute Gasteiger partial charge is 0.127 e. The van der Waals surface area contributed by atoms with Crippen molar-refractivity contribution >= 4 is 0 Å². The summed E-state index contributed by atoms with van der Waals surface area (Å²) in [7, 11) is 2.31. The largest absolute Gasteiger partial charge is 0.328 e. The van der Waals surface area contributed by atoms with Crippen LogP contribution in [0.25, 0.3) is 0 Å². The number of nitrogens with one attached hydrogen (secondary N) is 2. The first-order valence-electron chi connectivity index (χ1n) is 6.95. The fraction of sp³-hybridized carbons (Fsp3) is 0.600. The quantitative estimate of drug-likeness (QED) is 0.690. The van der Waals surface area contributed by atoms with E-state index >= 15 is 0 Å². The molecule has 2 nitrogen and oxygen atoms in total. The number of benzene rings is 1. The van der Waals surface area contributed by atoms with Crippen molar-refractivity contribution in [1.29, 1.82) is 0 Å². The third-order valence-electron chi connectivity index (χ3n) is 4.15. The van der Waals surface area contributed by atoms with Crippen LogP contribution in [0.3, 0.4) is 0 Å². The van der Waals surface area contributed by atoms with Gasteiger partial charge in [-0.05, 0) is 18.9 Å². The number of hydrogen-bond acceptors (Lipinski definition) is 0.